The van der Waals surface area contributed by atoms with Crippen molar-refractivity contribution < 1.29 is 0 Å². The maximum atomic E-state index is 6.59. The van der Waals surface area contributed by atoms with Crippen LogP contribution in [0, 0.1) is 12.8 Å². The van der Waals surface area contributed by atoms with Gasteiger partial charge in [0.05, 0.1) is 17.4 Å². The number of rotatable bonds is 6. The van der Waals surface area contributed by atoms with Crippen LogP contribution in [0.1, 0.15) is 49.7 Å². The minimum absolute atomic E-state index is 0. The summed E-state index contributed by atoms with van der Waals surface area (Å²) in [7, 11) is 0. The zero-order valence-corrected chi connectivity index (χ0v) is 18.0. The van der Waals surface area contributed by atoms with Gasteiger partial charge in [-0.25, -0.2) is 4.98 Å². The third-order valence-corrected chi connectivity index (χ3v) is 6.33. The quantitative estimate of drug-likeness (QED) is 0.439. The minimum Gasteiger partial charge on any atom is -0.345 e. The summed E-state index contributed by atoms with van der Waals surface area (Å²) in [5.74, 6) is 0.920. The van der Waals surface area contributed by atoms with Crippen molar-refractivity contribution in [1.82, 2.24) is 15.3 Å². The topological polar surface area (TPSA) is 40.7 Å². The average molecular weight is 418 g/mol. The molecule has 5 heteroatoms. The number of benzene rings is 2. The minimum atomic E-state index is 0. The first-order valence-corrected chi connectivity index (χ1v) is 10.5. The molecule has 1 saturated carbocycles. The molecule has 150 valence electrons. The van der Waals surface area contributed by atoms with Gasteiger partial charge in [0.2, 0.25) is 0 Å². The van der Waals surface area contributed by atoms with Gasteiger partial charge in [-0.15, -0.1) is 12.4 Å². The highest BCUT2D eigenvalue weighted by molar-refractivity contribution is 6.31. The summed E-state index contributed by atoms with van der Waals surface area (Å²) in [4.78, 5) is 7.60. The smallest absolute Gasteiger partial charge is 0.0931 e. The van der Waals surface area contributed by atoms with E-state index in [-0.39, 0.29) is 12.4 Å². The molecule has 1 heterocycles. The Morgan fingerprint density at radius 3 is 2.75 bits per heavy atom. The molecule has 3 nitrogen and oxygen atoms in total. The van der Waals surface area contributed by atoms with Crippen molar-refractivity contribution in [1.29, 1.82) is 0 Å². The van der Waals surface area contributed by atoms with Gasteiger partial charge in [-0.2, -0.15) is 0 Å². The number of hydrogen-bond donors (Lipinski definition) is 2. The van der Waals surface area contributed by atoms with Gasteiger partial charge >= 0.3 is 0 Å². The Balaban J connectivity index is 0.00000225. The molecular weight excluding hydrogens is 389 g/mol. The maximum absolute atomic E-state index is 6.59. The van der Waals surface area contributed by atoms with Crippen LogP contribution in [0.15, 0.2) is 36.7 Å². The van der Waals surface area contributed by atoms with Crippen LogP contribution >= 0.6 is 24.0 Å². The Morgan fingerprint density at radius 2 is 1.96 bits per heavy atom. The third kappa shape index (κ3) is 4.71. The largest absolute Gasteiger partial charge is 0.345 e. The molecule has 0 unspecified atom stereocenters. The van der Waals surface area contributed by atoms with Gasteiger partial charge in [0.15, 0.2) is 0 Å². The lowest BCUT2D eigenvalue weighted by molar-refractivity contribution is 0.334. The highest BCUT2D eigenvalue weighted by atomic mass is 35.5. The molecule has 0 radical (unpaired) electrons. The fourth-order valence-corrected chi connectivity index (χ4v) is 4.57. The number of fused-ring (bicyclic) bond motifs is 1. The molecule has 4 rings (SSSR count). The second-order valence-electron chi connectivity index (χ2n) is 7.81. The van der Waals surface area contributed by atoms with Crippen molar-refractivity contribution in [3.8, 4) is 11.1 Å². The van der Waals surface area contributed by atoms with Crippen LogP contribution in [0.3, 0.4) is 0 Å². The lowest BCUT2D eigenvalue weighted by Crippen LogP contribution is -2.19. The molecule has 0 amide bonds. The number of nitrogens with zero attached hydrogens (tertiary/aromatic N) is 1. The number of aryl methyl sites for hydroxylation is 1. The summed E-state index contributed by atoms with van der Waals surface area (Å²) >= 11 is 6.59. The van der Waals surface area contributed by atoms with E-state index in [4.69, 9.17) is 11.6 Å². The molecule has 0 spiro atoms. The van der Waals surface area contributed by atoms with Gasteiger partial charge in [-0.1, -0.05) is 61.9 Å². The van der Waals surface area contributed by atoms with Gasteiger partial charge in [0.25, 0.3) is 0 Å². The van der Waals surface area contributed by atoms with Gasteiger partial charge in [0.1, 0.15) is 0 Å². The zero-order chi connectivity index (χ0) is 18.6. The van der Waals surface area contributed by atoms with Crippen LogP contribution < -0.4 is 5.32 Å². The standard InChI is InChI=1S/C23H28ClN3.ClH/c1-16-20(9-10-22-23(16)27-15-26-22)18-7-8-19(21(24)13-18)14-25-12-11-17-5-3-2-4-6-17;/h7-10,13,15,17,25H,2-6,11-12,14H2,1H3,(H,26,27);1H. The fraction of sp³-hybridized carbons (Fsp3) is 0.435. The molecule has 0 atom stereocenters. The Kier molecular flexibility index (Phi) is 7.39. The number of aromatic amines is 1. The summed E-state index contributed by atoms with van der Waals surface area (Å²) in [5.41, 5.74) is 6.78. The number of H-pyrrole nitrogens is 1. The van der Waals surface area contributed by atoms with E-state index in [1.165, 1.54) is 55.2 Å². The monoisotopic (exact) mass is 417 g/mol. The van der Waals surface area contributed by atoms with Crippen molar-refractivity contribution in [2.24, 2.45) is 5.92 Å². The van der Waals surface area contributed by atoms with Gasteiger partial charge in [0, 0.05) is 11.6 Å². The second kappa shape index (κ2) is 9.78. The number of halogens is 2. The number of hydrogen-bond acceptors (Lipinski definition) is 2. The first kappa shape index (κ1) is 21.2. The van der Waals surface area contributed by atoms with Gasteiger partial charge in [-0.05, 0) is 60.2 Å². The van der Waals surface area contributed by atoms with Crippen LogP contribution in [-0.2, 0) is 6.54 Å². The molecule has 0 bridgehead atoms. The number of aromatic nitrogens is 2. The summed E-state index contributed by atoms with van der Waals surface area (Å²) in [6.45, 7) is 4.04. The van der Waals surface area contributed by atoms with Crippen molar-refractivity contribution in [2.45, 2.75) is 52.0 Å². The predicted molar refractivity (Wildman–Crippen MR) is 121 cm³/mol. The fourth-order valence-electron chi connectivity index (χ4n) is 4.33. The normalized spacial score (nSPS) is 14.9. The SMILES string of the molecule is Cc1c(-c2ccc(CNCCC3CCCCC3)c(Cl)c2)ccc2[nH]cnc12.Cl. The molecule has 1 aliphatic carbocycles. The Hall–Kier alpha value is -1.55. The summed E-state index contributed by atoms with van der Waals surface area (Å²) in [6.07, 6.45) is 10.1. The Bertz CT molecular complexity index is 913. The molecule has 1 fully saturated rings. The Labute approximate surface area is 178 Å². The van der Waals surface area contributed by atoms with E-state index >= 15 is 0 Å². The van der Waals surface area contributed by atoms with E-state index < -0.39 is 0 Å². The number of nitrogens with one attached hydrogen (secondary N) is 2. The van der Waals surface area contributed by atoms with Crippen molar-refractivity contribution in [2.75, 3.05) is 6.54 Å². The Morgan fingerprint density at radius 1 is 1.14 bits per heavy atom. The van der Waals surface area contributed by atoms with Crippen LogP contribution in [0.25, 0.3) is 22.2 Å². The predicted octanol–water partition coefficient (Wildman–Crippen LogP) is 6.67. The lowest BCUT2D eigenvalue weighted by atomic mass is 9.87. The van der Waals surface area contributed by atoms with E-state index in [0.717, 1.165) is 40.6 Å². The van der Waals surface area contributed by atoms with Crippen LogP contribution in [0.5, 0.6) is 0 Å². The van der Waals surface area contributed by atoms with E-state index in [9.17, 15) is 0 Å². The molecule has 1 aromatic heterocycles. The summed E-state index contributed by atoms with van der Waals surface area (Å²) < 4.78 is 0. The second-order valence-corrected chi connectivity index (χ2v) is 8.22. The van der Waals surface area contributed by atoms with Gasteiger partial charge < -0.3 is 10.3 Å². The van der Waals surface area contributed by atoms with Crippen LogP contribution in [0.2, 0.25) is 5.02 Å². The molecular formula is C23H29Cl2N3. The van der Waals surface area contributed by atoms with Crippen molar-refractivity contribution in [3.63, 3.8) is 0 Å². The van der Waals surface area contributed by atoms with Gasteiger partial charge in [-0.3, -0.25) is 0 Å². The molecule has 2 N–H and O–H groups in total. The molecule has 28 heavy (non-hydrogen) atoms. The van der Waals surface area contributed by atoms with E-state index in [2.05, 4.69) is 52.5 Å². The van der Waals surface area contributed by atoms with Crippen LogP contribution in [0.4, 0.5) is 0 Å². The number of imidazole rings is 1. The van der Waals surface area contributed by atoms with E-state index in [1.807, 2.05) is 0 Å². The first-order valence-electron chi connectivity index (χ1n) is 10.1. The summed E-state index contributed by atoms with van der Waals surface area (Å²) in [5, 5.41) is 4.42. The lowest BCUT2D eigenvalue weighted by Gasteiger charge is -2.21. The molecule has 3 aromatic rings. The maximum Gasteiger partial charge on any atom is 0.0931 e. The van der Waals surface area contributed by atoms with E-state index in [1.54, 1.807) is 6.33 Å². The van der Waals surface area contributed by atoms with Crippen molar-refractivity contribution >= 4 is 35.0 Å². The third-order valence-electron chi connectivity index (χ3n) is 5.98. The van der Waals surface area contributed by atoms with Crippen LogP contribution in [-0.4, -0.2) is 16.5 Å². The summed E-state index contributed by atoms with van der Waals surface area (Å²) in [6, 6.07) is 10.6. The van der Waals surface area contributed by atoms with Crippen molar-refractivity contribution in [3.05, 3.63) is 52.8 Å². The molecule has 0 saturated heterocycles. The highest BCUT2D eigenvalue weighted by Crippen LogP contribution is 2.31. The first-order chi connectivity index (χ1) is 13.2. The van der Waals surface area contributed by atoms with E-state index in [0.29, 0.717) is 0 Å². The zero-order valence-electron chi connectivity index (χ0n) is 16.4. The average Bonchev–Trinajstić information content (AvgIpc) is 3.17. The molecule has 1 aliphatic rings. The molecule has 2 aromatic carbocycles. The molecule has 0 aliphatic heterocycles. The highest BCUT2D eigenvalue weighted by Gasteiger charge is 2.13.